The fraction of sp³-hybridized carbons (Fsp3) is 0.286. The highest BCUT2D eigenvalue weighted by Gasteiger charge is 2.37. The Hall–Kier alpha value is -3.88. The van der Waals surface area contributed by atoms with E-state index in [1.807, 2.05) is 0 Å². The van der Waals surface area contributed by atoms with Gasteiger partial charge in [0.25, 0.3) is 0 Å². The van der Waals surface area contributed by atoms with Crippen LogP contribution in [-0.4, -0.2) is 49.6 Å². The van der Waals surface area contributed by atoms with Gasteiger partial charge in [-0.15, -0.1) is 0 Å². The number of urea groups is 1. The summed E-state index contributed by atoms with van der Waals surface area (Å²) in [5.41, 5.74) is -1.75. The number of hydrogen-bond acceptors (Lipinski definition) is 4. The maximum absolute atomic E-state index is 13.4. The van der Waals surface area contributed by atoms with Crippen molar-refractivity contribution in [1.82, 2.24) is 10.2 Å². The van der Waals surface area contributed by atoms with E-state index < -0.39 is 46.9 Å². The molecule has 0 spiro atoms. The molecule has 1 saturated heterocycles. The predicted molar refractivity (Wildman–Crippen MR) is 108 cm³/mol. The normalized spacial score (nSPS) is 16.2. The van der Waals surface area contributed by atoms with Gasteiger partial charge in [0, 0.05) is 37.6 Å². The van der Waals surface area contributed by atoms with Crippen LogP contribution in [0.3, 0.4) is 0 Å². The first kappa shape index (κ1) is 23.8. The van der Waals surface area contributed by atoms with Gasteiger partial charge in [-0.3, -0.25) is 4.79 Å². The summed E-state index contributed by atoms with van der Waals surface area (Å²) in [6, 6.07) is 5.31. The highest BCUT2D eigenvalue weighted by molar-refractivity contribution is 5.91. The molecule has 0 aromatic heterocycles. The largest absolute Gasteiger partial charge is 0.417 e. The van der Waals surface area contributed by atoms with Crippen molar-refractivity contribution in [2.75, 3.05) is 36.9 Å². The monoisotopic (exact) mass is 467 g/mol. The van der Waals surface area contributed by atoms with Crippen LogP contribution in [0, 0.1) is 23.0 Å². The topological polar surface area (TPSA) is 88.5 Å². The molecule has 3 amide bonds. The number of carbonyl (C=O) groups excluding carboxylic acids is 2. The van der Waals surface area contributed by atoms with E-state index in [0.29, 0.717) is 6.07 Å². The van der Waals surface area contributed by atoms with Gasteiger partial charge < -0.3 is 20.4 Å². The van der Waals surface area contributed by atoms with Crippen molar-refractivity contribution in [3.05, 3.63) is 59.2 Å². The van der Waals surface area contributed by atoms with Crippen LogP contribution in [0.4, 0.5) is 38.1 Å². The van der Waals surface area contributed by atoms with Crippen LogP contribution < -0.4 is 15.5 Å². The number of alkyl halides is 3. The number of anilines is 2. The van der Waals surface area contributed by atoms with E-state index in [0.717, 1.165) is 24.3 Å². The van der Waals surface area contributed by atoms with Crippen molar-refractivity contribution in [2.45, 2.75) is 12.2 Å². The summed E-state index contributed by atoms with van der Waals surface area (Å²) in [6.45, 7) is -0.199. The molecule has 2 aromatic rings. The number of piperazine rings is 1. The van der Waals surface area contributed by atoms with Gasteiger partial charge in [0.2, 0.25) is 5.91 Å². The summed E-state index contributed by atoms with van der Waals surface area (Å²) in [4.78, 5) is 27.7. The molecule has 0 saturated carbocycles. The first-order chi connectivity index (χ1) is 15.5. The van der Waals surface area contributed by atoms with Gasteiger partial charge in [0.1, 0.15) is 17.7 Å². The average Bonchev–Trinajstić information content (AvgIpc) is 2.76. The molecule has 0 bridgehead atoms. The molecule has 1 unspecified atom stereocenters. The number of nitrogens with zero attached hydrogens (tertiary/aromatic N) is 3. The predicted octanol–water partition coefficient (Wildman–Crippen LogP) is 3.32. The zero-order chi connectivity index (χ0) is 24.3. The maximum atomic E-state index is 13.4. The molecule has 0 aliphatic carbocycles. The lowest BCUT2D eigenvalue weighted by atomic mass is 10.0. The van der Waals surface area contributed by atoms with E-state index in [-0.39, 0.29) is 31.0 Å². The molecule has 1 aliphatic rings. The van der Waals surface area contributed by atoms with Crippen molar-refractivity contribution >= 4 is 23.3 Å². The first-order valence-corrected chi connectivity index (χ1v) is 9.65. The zero-order valence-corrected chi connectivity index (χ0v) is 17.2. The number of carbonyl (C=O) groups is 2. The summed E-state index contributed by atoms with van der Waals surface area (Å²) in [5, 5.41) is 13.7. The minimum absolute atomic E-state index is 0.00772. The van der Waals surface area contributed by atoms with Crippen LogP contribution in [0.5, 0.6) is 0 Å². The van der Waals surface area contributed by atoms with E-state index in [1.165, 1.54) is 29.0 Å². The Kier molecular flexibility index (Phi) is 6.71. The van der Waals surface area contributed by atoms with Crippen molar-refractivity contribution in [3.63, 3.8) is 0 Å². The van der Waals surface area contributed by atoms with Gasteiger partial charge in [-0.25, -0.2) is 13.6 Å². The van der Waals surface area contributed by atoms with Gasteiger partial charge in [0.15, 0.2) is 0 Å². The van der Waals surface area contributed by atoms with Crippen molar-refractivity contribution in [2.24, 2.45) is 0 Å². The molecule has 1 heterocycles. The molecule has 3 rings (SSSR count). The van der Waals surface area contributed by atoms with E-state index in [4.69, 9.17) is 5.26 Å². The zero-order valence-electron chi connectivity index (χ0n) is 17.2. The van der Waals surface area contributed by atoms with Gasteiger partial charge in [-0.2, -0.15) is 18.4 Å². The number of amides is 3. The molecule has 1 atom stereocenters. The number of rotatable bonds is 3. The quantitative estimate of drug-likeness (QED) is 0.678. The molecule has 174 valence electrons. The molecule has 0 radical (unpaired) electrons. The summed E-state index contributed by atoms with van der Waals surface area (Å²) in [6.07, 6.45) is -4.77. The fourth-order valence-electron chi connectivity index (χ4n) is 3.54. The van der Waals surface area contributed by atoms with E-state index in [1.54, 1.807) is 0 Å². The van der Waals surface area contributed by atoms with Gasteiger partial charge in [-0.1, -0.05) is 0 Å². The second kappa shape index (κ2) is 9.32. The Morgan fingerprint density at radius 1 is 1.09 bits per heavy atom. The summed E-state index contributed by atoms with van der Waals surface area (Å²) >= 11 is 0. The molecule has 2 N–H and O–H groups in total. The van der Waals surface area contributed by atoms with Crippen molar-refractivity contribution in [3.8, 4) is 6.07 Å². The number of halogens is 5. The van der Waals surface area contributed by atoms with E-state index >= 15 is 0 Å². The molecule has 12 heteroatoms. The molecule has 1 fully saturated rings. The van der Waals surface area contributed by atoms with Gasteiger partial charge >= 0.3 is 12.2 Å². The van der Waals surface area contributed by atoms with Gasteiger partial charge in [0.05, 0.1) is 23.7 Å². The highest BCUT2D eigenvalue weighted by atomic mass is 19.4. The number of hydrogen-bond donors (Lipinski definition) is 2. The Morgan fingerprint density at radius 3 is 2.33 bits per heavy atom. The fourth-order valence-corrected chi connectivity index (χ4v) is 3.54. The number of nitriles is 1. The third-order valence-electron chi connectivity index (χ3n) is 5.09. The Morgan fingerprint density at radius 2 is 1.76 bits per heavy atom. The van der Waals surface area contributed by atoms with Crippen LogP contribution in [-0.2, 0) is 11.0 Å². The lowest BCUT2D eigenvalue weighted by molar-refractivity contribution is -0.137. The minimum Gasteiger partial charge on any atom is -0.357 e. The summed E-state index contributed by atoms with van der Waals surface area (Å²) in [7, 11) is 1.34. The summed E-state index contributed by atoms with van der Waals surface area (Å²) in [5.74, 6) is -2.33. The molecular formula is C21H18F5N5O2. The number of likely N-dealkylation sites (N-methyl/N-ethyl adjacent to an activating group) is 1. The second-order valence-corrected chi connectivity index (χ2v) is 7.20. The molecular weight excluding hydrogens is 449 g/mol. The van der Waals surface area contributed by atoms with E-state index in [2.05, 4.69) is 10.6 Å². The Labute approximate surface area is 185 Å². The molecule has 2 aromatic carbocycles. The van der Waals surface area contributed by atoms with Crippen LogP contribution in [0.15, 0.2) is 36.4 Å². The summed E-state index contributed by atoms with van der Waals surface area (Å²) < 4.78 is 66.9. The van der Waals surface area contributed by atoms with E-state index in [9.17, 15) is 31.5 Å². The SMILES string of the molecule is CNC(=O)C1CN(C(=O)Nc2cc(F)cc(F)c2)CCN1c1ccc(C#N)c(C(F)(F)F)c1. The van der Waals surface area contributed by atoms with Crippen molar-refractivity contribution in [1.29, 1.82) is 5.26 Å². The maximum Gasteiger partial charge on any atom is 0.417 e. The van der Waals surface area contributed by atoms with Crippen LogP contribution in [0.2, 0.25) is 0 Å². The lowest BCUT2D eigenvalue weighted by Gasteiger charge is -2.41. The standard InChI is InChI=1S/C21H18F5N5O2/c1-28-19(32)18-11-30(20(33)29-15-7-13(22)6-14(23)8-15)4-5-31(18)16-3-2-12(10-27)17(9-16)21(24,25)26/h2-3,6-9,18H,4-5,11H2,1H3,(H,28,32)(H,29,33). The smallest absolute Gasteiger partial charge is 0.357 e. The van der Waals surface area contributed by atoms with Gasteiger partial charge in [-0.05, 0) is 30.3 Å². The Bertz CT molecular complexity index is 1090. The molecule has 7 nitrogen and oxygen atoms in total. The van der Waals surface area contributed by atoms with Crippen LogP contribution in [0.1, 0.15) is 11.1 Å². The number of nitrogens with one attached hydrogen (secondary N) is 2. The lowest BCUT2D eigenvalue weighted by Crippen LogP contribution is -2.60. The highest BCUT2D eigenvalue weighted by Crippen LogP contribution is 2.35. The third kappa shape index (κ3) is 5.31. The third-order valence-corrected chi connectivity index (χ3v) is 5.09. The number of benzene rings is 2. The second-order valence-electron chi connectivity index (χ2n) is 7.20. The Balaban J connectivity index is 1.85. The average molecular weight is 467 g/mol. The first-order valence-electron chi connectivity index (χ1n) is 9.65. The van der Waals surface area contributed by atoms with Crippen LogP contribution >= 0.6 is 0 Å². The molecule has 1 aliphatic heterocycles. The molecule has 33 heavy (non-hydrogen) atoms. The minimum atomic E-state index is -4.77. The van der Waals surface area contributed by atoms with Crippen LogP contribution in [0.25, 0.3) is 0 Å². The van der Waals surface area contributed by atoms with Crippen molar-refractivity contribution < 1.29 is 31.5 Å².